The van der Waals surface area contributed by atoms with E-state index in [4.69, 9.17) is 5.11 Å². The van der Waals surface area contributed by atoms with Crippen LogP contribution in [0.2, 0.25) is 0 Å². The van der Waals surface area contributed by atoms with Crippen LogP contribution in [0.5, 0.6) is 0 Å². The standard InChI is InChI=1S/C13H14F2N2O2/c1-12-5-6-17(7-9(12)13(12,14)15)10-4-2-3-8(16-10)11(18)19/h2-4,9H,5-7H2,1H3,(H,18,19). The van der Waals surface area contributed by atoms with Crippen LogP contribution in [-0.4, -0.2) is 35.1 Å². The molecule has 1 aliphatic carbocycles. The van der Waals surface area contributed by atoms with Crippen LogP contribution in [0.15, 0.2) is 18.2 Å². The minimum Gasteiger partial charge on any atom is -0.477 e. The van der Waals surface area contributed by atoms with Crippen molar-refractivity contribution in [3.05, 3.63) is 23.9 Å². The van der Waals surface area contributed by atoms with Gasteiger partial charge < -0.3 is 10.0 Å². The quantitative estimate of drug-likeness (QED) is 0.894. The van der Waals surface area contributed by atoms with Crippen LogP contribution in [0.25, 0.3) is 0 Å². The molecular formula is C13H14F2N2O2. The van der Waals surface area contributed by atoms with Gasteiger partial charge in [0.1, 0.15) is 5.82 Å². The summed E-state index contributed by atoms with van der Waals surface area (Å²) in [6.45, 7) is 2.34. The fourth-order valence-corrected chi connectivity index (χ4v) is 2.94. The number of anilines is 1. The maximum Gasteiger partial charge on any atom is 0.354 e. The number of hydrogen-bond donors (Lipinski definition) is 1. The van der Waals surface area contributed by atoms with Gasteiger partial charge >= 0.3 is 5.97 Å². The zero-order valence-electron chi connectivity index (χ0n) is 10.4. The molecule has 0 radical (unpaired) electrons. The molecule has 2 aliphatic rings. The van der Waals surface area contributed by atoms with Gasteiger partial charge in [-0.25, -0.2) is 18.6 Å². The molecule has 2 heterocycles. The number of carboxylic acids is 1. The highest BCUT2D eigenvalue weighted by molar-refractivity contribution is 5.85. The first-order valence-electron chi connectivity index (χ1n) is 6.19. The van der Waals surface area contributed by atoms with Gasteiger partial charge in [0.2, 0.25) is 0 Å². The third-order valence-electron chi connectivity index (χ3n) is 4.47. The summed E-state index contributed by atoms with van der Waals surface area (Å²) in [7, 11) is 0. The Morgan fingerprint density at radius 1 is 1.53 bits per heavy atom. The molecule has 6 heteroatoms. The number of piperidine rings is 1. The summed E-state index contributed by atoms with van der Waals surface area (Å²) in [5, 5.41) is 8.89. The minimum atomic E-state index is -2.61. The Labute approximate surface area is 109 Å². The molecule has 2 unspecified atom stereocenters. The lowest BCUT2D eigenvalue weighted by Gasteiger charge is -2.29. The lowest BCUT2D eigenvalue weighted by Crippen LogP contribution is -2.34. The zero-order chi connectivity index (χ0) is 13.8. The fraction of sp³-hybridized carbons (Fsp3) is 0.538. The van der Waals surface area contributed by atoms with Crippen LogP contribution >= 0.6 is 0 Å². The summed E-state index contributed by atoms with van der Waals surface area (Å²) in [6.07, 6.45) is 0.406. The van der Waals surface area contributed by atoms with Crippen molar-refractivity contribution in [1.82, 2.24) is 4.98 Å². The van der Waals surface area contributed by atoms with Gasteiger partial charge in [-0.2, -0.15) is 0 Å². The number of pyridine rings is 1. The molecule has 1 saturated heterocycles. The number of aromatic carboxylic acids is 1. The molecular weight excluding hydrogens is 254 g/mol. The van der Waals surface area contributed by atoms with E-state index in [0.717, 1.165) is 0 Å². The number of rotatable bonds is 2. The summed E-state index contributed by atoms with van der Waals surface area (Å²) in [5.74, 6) is -3.90. The number of carboxylic acid groups (broad SMARTS) is 1. The third kappa shape index (κ3) is 1.62. The molecule has 1 aromatic heterocycles. The molecule has 102 valence electrons. The Kier molecular flexibility index (Phi) is 2.37. The largest absolute Gasteiger partial charge is 0.477 e. The van der Waals surface area contributed by atoms with Crippen molar-refractivity contribution in [1.29, 1.82) is 0 Å². The van der Waals surface area contributed by atoms with Crippen LogP contribution in [0, 0.1) is 11.3 Å². The van der Waals surface area contributed by atoms with Gasteiger partial charge in [0.15, 0.2) is 5.69 Å². The van der Waals surface area contributed by atoms with E-state index < -0.39 is 23.2 Å². The summed E-state index contributed by atoms with van der Waals surface area (Å²) in [4.78, 5) is 16.6. The molecule has 19 heavy (non-hydrogen) atoms. The molecule has 4 nitrogen and oxygen atoms in total. The highest BCUT2D eigenvalue weighted by Crippen LogP contribution is 2.69. The Morgan fingerprint density at radius 2 is 2.26 bits per heavy atom. The molecule has 1 N–H and O–H groups in total. The van der Waals surface area contributed by atoms with E-state index in [1.54, 1.807) is 24.0 Å². The number of carbonyl (C=O) groups is 1. The van der Waals surface area contributed by atoms with E-state index in [9.17, 15) is 13.6 Å². The minimum absolute atomic E-state index is 0.0617. The first-order valence-corrected chi connectivity index (χ1v) is 6.19. The Balaban J connectivity index is 1.82. The summed E-state index contributed by atoms with van der Waals surface area (Å²) in [5.41, 5.74) is -0.943. The van der Waals surface area contributed by atoms with E-state index in [-0.39, 0.29) is 12.2 Å². The lowest BCUT2D eigenvalue weighted by atomic mass is 9.97. The maximum absolute atomic E-state index is 13.6. The topological polar surface area (TPSA) is 53.4 Å². The summed E-state index contributed by atoms with van der Waals surface area (Å²) >= 11 is 0. The summed E-state index contributed by atoms with van der Waals surface area (Å²) < 4.78 is 27.3. The predicted molar refractivity (Wildman–Crippen MR) is 64.6 cm³/mol. The molecule has 3 rings (SSSR count). The molecule has 0 spiro atoms. The Hall–Kier alpha value is -1.72. The Morgan fingerprint density at radius 3 is 2.89 bits per heavy atom. The second-order valence-electron chi connectivity index (χ2n) is 5.48. The lowest BCUT2D eigenvalue weighted by molar-refractivity contribution is 0.0635. The number of halogens is 2. The first-order chi connectivity index (χ1) is 8.86. The molecule has 0 bridgehead atoms. The van der Waals surface area contributed by atoms with Gasteiger partial charge in [-0.3, -0.25) is 0 Å². The number of hydrogen-bond acceptors (Lipinski definition) is 3. The van der Waals surface area contributed by atoms with Crippen molar-refractivity contribution >= 4 is 11.8 Å². The van der Waals surface area contributed by atoms with Crippen LogP contribution < -0.4 is 4.90 Å². The average molecular weight is 268 g/mol. The van der Waals surface area contributed by atoms with Crippen molar-refractivity contribution in [3.8, 4) is 0 Å². The van der Waals surface area contributed by atoms with E-state index in [1.165, 1.54) is 6.07 Å². The maximum atomic E-state index is 13.6. The highest BCUT2D eigenvalue weighted by Gasteiger charge is 2.78. The van der Waals surface area contributed by atoms with E-state index >= 15 is 0 Å². The van der Waals surface area contributed by atoms with Gasteiger partial charge in [-0.1, -0.05) is 13.0 Å². The molecule has 1 aliphatic heterocycles. The molecule has 2 atom stereocenters. The average Bonchev–Trinajstić information content (AvgIpc) is 2.83. The highest BCUT2D eigenvalue weighted by atomic mass is 19.3. The van der Waals surface area contributed by atoms with Gasteiger partial charge in [-0.15, -0.1) is 0 Å². The van der Waals surface area contributed by atoms with Gasteiger partial charge in [0.25, 0.3) is 5.92 Å². The van der Waals surface area contributed by atoms with Crippen LogP contribution in [0.4, 0.5) is 14.6 Å². The fourth-order valence-electron chi connectivity index (χ4n) is 2.94. The molecule has 1 aromatic rings. The van der Waals surface area contributed by atoms with Gasteiger partial charge in [0, 0.05) is 18.5 Å². The number of alkyl halides is 2. The van der Waals surface area contributed by atoms with Crippen molar-refractivity contribution < 1.29 is 18.7 Å². The monoisotopic (exact) mass is 268 g/mol. The van der Waals surface area contributed by atoms with Gasteiger partial charge in [0.05, 0.1) is 5.92 Å². The van der Waals surface area contributed by atoms with E-state index in [2.05, 4.69) is 4.98 Å². The third-order valence-corrected chi connectivity index (χ3v) is 4.47. The molecule has 0 amide bonds. The second-order valence-corrected chi connectivity index (χ2v) is 5.48. The number of aromatic nitrogens is 1. The van der Waals surface area contributed by atoms with Crippen molar-refractivity contribution in [2.75, 3.05) is 18.0 Å². The van der Waals surface area contributed by atoms with Crippen LogP contribution in [0.3, 0.4) is 0 Å². The van der Waals surface area contributed by atoms with Crippen molar-refractivity contribution in [2.24, 2.45) is 11.3 Å². The van der Waals surface area contributed by atoms with Crippen LogP contribution in [-0.2, 0) is 0 Å². The van der Waals surface area contributed by atoms with Crippen LogP contribution in [0.1, 0.15) is 23.8 Å². The first kappa shape index (κ1) is 12.3. The SMILES string of the molecule is CC12CCN(c3cccc(C(=O)O)n3)CC1C2(F)F. The Bertz CT molecular complexity index is 549. The van der Waals surface area contributed by atoms with Crippen molar-refractivity contribution in [3.63, 3.8) is 0 Å². The smallest absolute Gasteiger partial charge is 0.354 e. The summed E-state index contributed by atoms with van der Waals surface area (Å²) in [6, 6.07) is 4.64. The van der Waals surface area contributed by atoms with E-state index in [1.807, 2.05) is 0 Å². The second kappa shape index (κ2) is 3.65. The predicted octanol–water partition coefficient (Wildman–Crippen LogP) is 2.26. The number of fused-ring (bicyclic) bond motifs is 1. The molecule has 1 saturated carbocycles. The van der Waals surface area contributed by atoms with Gasteiger partial charge in [-0.05, 0) is 18.6 Å². The van der Waals surface area contributed by atoms with Crippen molar-refractivity contribution in [2.45, 2.75) is 19.3 Å². The molecule has 0 aromatic carbocycles. The normalized spacial score (nSPS) is 31.7. The van der Waals surface area contributed by atoms with E-state index in [0.29, 0.717) is 18.8 Å². The zero-order valence-corrected chi connectivity index (χ0v) is 10.4. The number of nitrogens with zero attached hydrogens (tertiary/aromatic N) is 2. The molecule has 2 fully saturated rings.